The molecule has 212 valence electrons. The van der Waals surface area contributed by atoms with Gasteiger partial charge >= 0.3 is 0 Å². The lowest BCUT2D eigenvalue weighted by atomic mass is 9.95. The zero-order valence-electron chi connectivity index (χ0n) is 22.5. The molecular formula is C28H29Cl2N9O2. The summed E-state index contributed by atoms with van der Waals surface area (Å²) in [6, 6.07) is 9.95. The van der Waals surface area contributed by atoms with Crippen molar-refractivity contribution in [3.63, 3.8) is 0 Å². The number of aryl methyl sites for hydroxylation is 1. The van der Waals surface area contributed by atoms with Crippen LogP contribution in [0.2, 0.25) is 5.02 Å². The number of hydrazine groups is 1. The van der Waals surface area contributed by atoms with Crippen LogP contribution in [0.25, 0.3) is 22.6 Å². The Kier molecular flexibility index (Phi) is 8.11. The Morgan fingerprint density at radius 3 is 2.71 bits per heavy atom. The first-order valence-corrected chi connectivity index (χ1v) is 13.7. The third kappa shape index (κ3) is 5.97. The van der Waals surface area contributed by atoms with Crippen LogP contribution < -0.4 is 27.5 Å². The highest BCUT2D eigenvalue weighted by molar-refractivity contribution is 6.31. The second-order valence-electron chi connectivity index (χ2n) is 9.94. The third-order valence-corrected chi connectivity index (χ3v) is 7.45. The smallest absolute Gasteiger partial charge is 0.254 e. The number of hydrogen-bond donors (Lipinski definition) is 3. The lowest BCUT2D eigenvalue weighted by molar-refractivity contribution is -0.119. The molecule has 1 aliphatic rings. The third-order valence-electron chi connectivity index (χ3n) is 7.12. The number of nitrogens with zero attached hydrogens (tertiary/aromatic N) is 6. The van der Waals surface area contributed by atoms with E-state index < -0.39 is 0 Å². The van der Waals surface area contributed by atoms with Gasteiger partial charge in [0.1, 0.15) is 10.9 Å². The summed E-state index contributed by atoms with van der Waals surface area (Å²) in [5, 5.41) is 9.00. The summed E-state index contributed by atoms with van der Waals surface area (Å²) in [6.45, 7) is 1.89. The molecule has 41 heavy (non-hydrogen) atoms. The highest BCUT2D eigenvalue weighted by Crippen LogP contribution is 2.34. The number of hydrogen-bond acceptors (Lipinski definition) is 8. The van der Waals surface area contributed by atoms with E-state index in [4.69, 9.17) is 34.8 Å². The second-order valence-corrected chi connectivity index (χ2v) is 10.8. The molecule has 0 radical (unpaired) electrons. The Hall–Kier alpha value is -4.19. The number of fused-ring (bicyclic) bond motifs is 4. The molecule has 13 heteroatoms. The lowest BCUT2D eigenvalue weighted by Crippen LogP contribution is -2.28. The first kappa shape index (κ1) is 28.3. The molecule has 2 unspecified atom stereocenters. The predicted molar refractivity (Wildman–Crippen MR) is 160 cm³/mol. The maximum absolute atomic E-state index is 13.7. The van der Waals surface area contributed by atoms with Gasteiger partial charge in [0.05, 0.1) is 47.5 Å². The summed E-state index contributed by atoms with van der Waals surface area (Å²) in [4.78, 5) is 35.7. The van der Waals surface area contributed by atoms with E-state index in [0.29, 0.717) is 58.3 Å². The van der Waals surface area contributed by atoms with Gasteiger partial charge in [-0.15, -0.1) is 0 Å². The van der Waals surface area contributed by atoms with Crippen molar-refractivity contribution < 1.29 is 4.79 Å². The molecule has 1 amide bonds. The van der Waals surface area contributed by atoms with Gasteiger partial charge in [0, 0.05) is 35.8 Å². The molecule has 0 fully saturated rings. The van der Waals surface area contributed by atoms with Crippen LogP contribution in [-0.4, -0.2) is 30.2 Å². The largest absolute Gasteiger partial charge is 0.388 e. The van der Waals surface area contributed by atoms with Crippen LogP contribution in [-0.2, 0) is 11.8 Å². The number of pyridine rings is 1. The molecule has 4 aromatic rings. The predicted octanol–water partition coefficient (Wildman–Crippen LogP) is 4.38. The van der Waals surface area contributed by atoms with E-state index in [9.17, 15) is 9.59 Å². The zero-order chi connectivity index (χ0) is 29.3. The minimum absolute atomic E-state index is 0.0129. The van der Waals surface area contributed by atoms with Crippen molar-refractivity contribution in [2.24, 2.45) is 24.5 Å². The summed E-state index contributed by atoms with van der Waals surface area (Å²) in [6.07, 6.45) is 8.14. The maximum atomic E-state index is 13.7. The Bertz CT molecular complexity index is 1690. The Morgan fingerprint density at radius 1 is 1.15 bits per heavy atom. The maximum Gasteiger partial charge on any atom is 0.254 e. The molecule has 4 heterocycles. The van der Waals surface area contributed by atoms with Gasteiger partial charge in [-0.2, -0.15) is 5.10 Å². The van der Waals surface area contributed by atoms with Crippen molar-refractivity contribution >= 4 is 40.5 Å². The number of aromatic nitrogens is 5. The molecule has 0 aliphatic carbocycles. The number of halogens is 2. The van der Waals surface area contributed by atoms with E-state index in [1.165, 1.54) is 23.6 Å². The van der Waals surface area contributed by atoms with Crippen LogP contribution in [0.5, 0.6) is 0 Å². The molecule has 0 saturated carbocycles. The topological polar surface area (TPSA) is 150 Å². The summed E-state index contributed by atoms with van der Waals surface area (Å²) < 4.78 is 3.27. The van der Waals surface area contributed by atoms with Crippen LogP contribution >= 0.6 is 23.2 Å². The van der Waals surface area contributed by atoms with Crippen molar-refractivity contribution in [3.8, 4) is 22.6 Å². The number of amides is 1. The van der Waals surface area contributed by atoms with Crippen molar-refractivity contribution in [1.82, 2.24) is 24.3 Å². The molecule has 2 atom stereocenters. The molecule has 3 aromatic heterocycles. The van der Waals surface area contributed by atoms with Crippen molar-refractivity contribution in [3.05, 3.63) is 87.4 Å². The average Bonchev–Trinajstić information content (AvgIpc) is 3.29. The molecule has 11 nitrogen and oxygen atoms in total. The molecule has 5 rings (SSSR count). The van der Waals surface area contributed by atoms with Crippen LogP contribution in [0.3, 0.4) is 0 Å². The van der Waals surface area contributed by atoms with E-state index in [2.05, 4.69) is 20.4 Å². The quantitative estimate of drug-likeness (QED) is 0.179. The summed E-state index contributed by atoms with van der Waals surface area (Å²) in [7, 11) is 1.79. The van der Waals surface area contributed by atoms with Gasteiger partial charge in [0.15, 0.2) is 0 Å². The molecule has 0 spiro atoms. The lowest BCUT2D eigenvalue weighted by Gasteiger charge is -2.23. The second kappa shape index (κ2) is 11.7. The number of anilines is 2. The standard InChI is InChI=1S/C28H29Cl2N9O2/c1-16-4-3-5-23(17-8-9-33-21(10-17)27-22(36-28(16)41)13-35-37(27)2)38-15-34-20(12-26(38)40)19-11-18(29)6-7-24(19)39(32)14-25(30)31/h6-16,23H,3-5,31-32H2,1-2H3,(H,36,41)/b25-14-. The number of carbonyl (C=O) groups excluding carboxylic acids is 1. The van der Waals surface area contributed by atoms with Gasteiger partial charge in [-0.05, 0) is 48.7 Å². The van der Waals surface area contributed by atoms with Crippen LogP contribution in [0, 0.1) is 5.92 Å². The van der Waals surface area contributed by atoms with Crippen molar-refractivity contribution in [1.29, 1.82) is 0 Å². The van der Waals surface area contributed by atoms with E-state index in [-0.39, 0.29) is 28.6 Å². The minimum Gasteiger partial charge on any atom is -0.388 e. The fraction of sp³-hybridized carbons (Fsp3) is 0.250. The van der Waals surface area contributed by atoms with E-state index in [1.54, 1.807) is 46.9 Å². The number of rotatable bonds is 4. The van der Waals surface area contributed by atoms with E-state index >= 15 is 0 Å². The van der Waals surface area contributed by atoms with Crippen LogP contribution in [0.1, 0.15) is 37.8 Å². The molecule has 5 N–H and O–H groups in total. The average molecular weight is 595 g/mol. The van der Waals surface area contributed by atoms with Crippen molar-refractivity contribution in [2.45, 2.75) is 32.2 Å². The monoisotopic (exact) mass is 593 g/mol. The van der Waals surface area contributed by atoms with E-state index in [0.717, 1.165) is 5.56 Å². The molecule has 0 saturated heterocycles. The molecule has 1 aliphatic heterocycles. The summed E-state index contributed by atoms with van der Waals surface area (Å²) in [5.74, 6) is 5.82. The number of carbonyl (C=O) groups is 1. The summed E-state index contributed by atoms with van der Waals surface area (Å²) >= 11 is 12.1. The Balaban J connectivity index is 1.59. The molecular weight excluding hydrogens is 565 g/mol. The number of benzene rings is 1. The van der Waals surface area contributed by atoms with Gasteiger partial charge in [-0.3, -0.25) is 28.8 Å². The Morgan fingerprint density at radius 2 is 1.95 bits per heavy atom. The highest BCUT2D eigenvalue weighted by Gasteiger charge is 2.24. The van der Waals surface area contributed by atoms with Crippen LogP contribution in [0.15, 0.2) is 71.3 Å². The molecule has 1 aromatic carbocycles. The van der Waals surface area contributed by atoms with Gasteiger partial charge in [0.2, 0.25) is 5.91 Å². The van der Waals surface area contributed by atoms with Gasteiger partial charge in [0.25, 0.3) is 5.56 Å². The van der Waals surface area contributed by atoms with Gasteiger partial charge in [-0.25, -0.2) is 10.8 Å². The van der Waals surface area contributed by atoms with Crippen molar-refractivity contribution in [2.75, 3.05) is 10.3 Å². The van der Waals surface area contributed by atoms with Crippen LogP contribution in [0.4, 0.5) is 11.4 Å². The van der Waals surface area contributed by atoms with E-state index in [1.807, 2.05) is 19.1 Å². The fourth-order valence-corrected chi connectivity index (χ4v) is 5.30. The van der Waals surface area contributed by atoms with Gasteiger partial charge < -0.3 is 11.1 Å². The highest BCUT2D eigenvalue weighted by atomic mass is 35.5. The number of nitrogens with one attached hydrogen (secondary N) is 1. The Labute approximate surface area is 246 Å². The normalized spacial score (nSPS) is 17.7. The fourth-order valence-electron chi connectivity index (χ4n) is 5.02. The zero-order valence-corrected chi connectivity index (χ0v) is 24.0. The molecule has 2 bridgehead atoms. The van der Waals surface area contributed by atoms with Gasteiger partial charge in [-0.1, -0.05) is 36.5 Å². The SMILES string of the molecule is CC1CCCC(n2cnc(-c3cc(Cl)ccc3N(N)/C=C(\N)Cl)cc2=O)c2ccnc(c2)-c2c(cnn2C)NC1=O. The first-order valence-electron chi connectivity index (χ1n) is 13.0. The summed E-state index contributed by atoms with van der Waals surface area (Å²) in [5.41, 5.74) is 9.53. The first-order chi connectivity index (χ1) is 19.6. The minimum atomic E-state index is -0.346. The number of nitrogens with two attached hydrogens (primary N) is 2.